The largest absolute Gasteiger partial charge is 0.398 e. The Hall–Kier alpha value is -1.62. The molecule has 0 fully saturated rings. The van der Waals surface area contributed by atoms with E-state index in [0.29, 0.717) is 12.3 Å². The lowest BCUT2D eigenvalue weighted by molar-refractivity contribution is 0.177. The summed E-state index contributed by atoms with van der Waals surface area (Å²) in [4.78, 5) is 0. The molecule has 0 saturated carbocycles. The highest BCUT2D eigenvalue weighted by Gasteiger charge is 2.03. The smallest absolute Gasteiger partial charge is 0.163 e. The average molecular weight is 178 g/mol. The molecule has 0 aromatic carbocycles. The lowest BCUT2D eigenvalue weighted by atomic mass is 10.4. The normalized spacial score (nSPS) is 10.8. The minimum absolute atomic E-state index is 0.435. The van der Waals surface area contributed by atoms with Gasteiger partial charge in [-0.25, -0.2) is 0 Å². The summed E-state index contributed by atoms with van der Waals surface area (Å²) in [6.45, 7) is 0.435. The molecule has 0 spiro atoms. The van der Waals surface area contributed by atoms with Crippen molar-refractivity contribution in [2.45, 2.75) is 6.61 Å². The monoisotopic (exact) mass is 178 g/mol. The number of nitrogens with zero attached hydrogens (tertiary/aromatic N) is 3. The van der Waals surface area contributed by atoms with Crippen LogP contribution in [-0.2, 0) is 11.3 Å². The van der Waals surface area contributed by atoms with Crippen molar-refractivity contribution >= 4 is 11.3 Å². The van der Waals surface area contributed by atoms with Crippen molar-refractivity contribution in [3.8, 4) is 0 Å². The summed E-state index contributed by atoms with van der Waals surface area (Å²) in [5, 5.41) is 7.91. The molecule has 0 bridgehead atoms. The molecular formula is C8H10N4O. The first-order chi connectivity index (χ1) is 6.31. The van der Waals surface area contributed by atoms with Gasteiger partial charge in [-0.1, -0.05) is 0 Å². The number of fused-ring (bicyclic) bond motifs is 1. The Morgan fingerprint density at radius 1 is 1.46 bits per heavy atom. The van der Waals surface area contributed by atoms with Gasteiger partial charge in [-0.2, -0.15) is 0 Å². The number of rotatable bonds is 2. The standard InChI is InChI=1S/C8H10N4O/c1-13-5-8-11-10-7-3-2-6(9)4-12(7)8/h2-4H,5,9H2,1H3. The number of hydrogen-bond acceptors (Lipinski definition) is 4. The Morgan fingerprint density at radius 3 is 3.08 bits per heavy atom. The van der Waals surface area contributed by atoms with Crippen LogP contribution in [0.5, 0.6) is 0 Å². The first-order valence-corrected chi connectivity index (χ1v) is 3.89. The number of aromatic nitrogens is 3. The fourth-order valence-electron chi connectivity index (χ4n) is 1.18. The van der Waals surface area contributed by atoms with Crippen LogP contribution in [0.2, 0.25) is 0 Å². The van der Waals surface area contributed by atoms with E-state index in [9.17, 15) is 0 Å². The maximum Gasteiger partial charge on any atom is 0.163 e. The van der Waals surface area contributed by atoms with Gasteiger partial charge in [0.2, 0.25) is 0 Å². The average Bonchev–Trinajstić information content (AvgIpc) is 2.49. The third kappa shape index (κ3) is 1.33. The lowest BCUT2D eigenvalue weighted by Crippen LogP contribution is -1.97. The summed E-state index contributed by atoms with van der Waals surface area (Å²) in [6, 6.07) is 3.61. The molecule has 0 aliphatic carbocycles. The van der Waals surface area contributed by atoms with Crippen molar-refractivity contribution in [3.05, 3.63) is 24.2 Å². The highest BCUT2D eigenvalue weighted by Crippen LogP contribution is 2.08. The highest BCUT2D eigenvalue weighted by molar-refractivity contribution is 5.46. The van der Waals surface area contributed by atoms with Gasteiger partial charge in [0.25, 0.3) is 0 Å². The molecule has 0 amide bonds. The molecule has 2 aromatic rings. The predicted octanol–water partition coefficient (Wildman–Crippen LogP) is 0.458. The van der Waals surface area contributed by atoms with Crippen LogP contribution in [0, 0.1) is 0 Å². The topological polar surface area (TPSA) is 65.4 Å². The van der Waals surface area contributed by atoms with E-state index in [1.807, 2.05) is 10.5 Å². The predicted molar refractivity (Wildman–Crippen MR) is 48.1 cm³/mol. The molecule has 68 valence electrons. The maximum absolute atomic E-state index is 5.63. The molecule has 2 heterocycles. The summed E-state index contributed by atoms with van der Waals surface area (Å²) in [7, 11) is 1.62. The Morgan fingerprint density at radius 2 is 2.31 bits per heavy atom. The number of ether oxygens (including phenoxy) is 1. The second kappa shape index (κ2) is 3.02. The minimum atomic E-state index is 0.435. The number of nitrogen functional groups attached to an aromatic ring is 1. The van der Waals surface area contributed by atoms with Gasteiger partial charge in [-0.05, 0) is 12.1 Å². The summed E-state index contributed by atoms with van der Waals surface area (Å²) in [6.07, 6.45) is 1.78. The Balaban J connectivity index is 2.58. The van der Waals surface area contributed by atoms with Crippen LogP contribution in [0.15, 0.2) is 18.3 Å². The molecule has 13 heavy (non-hydrogen) atoms. The maximum atomic E-state index is 5.63. The van der Waals surface area contributed by atoms with Gasteiger partial charge in [-0.15, -0.1) is 10.2 Å². The van der Waals surface area contributed by atoms with E-state index in [2.05, 4.69) is 10.2 Å². The van der Waals surface area contributed by atoms with E-state index < -0.39 is 0 Å². The molecule has 2 aromatic heterocycles. The van der Waals surface area contributed by atoms with E-state index in [-0.39, 0.29) is 0 Å². The van der Waals surface area contributed by atoms with Gasteiger partial charge >= 0.3 is 0 Å². The Kier molecular flexibility index (Phi) is 1.86. The van der Waals surface area contributed by atoms with E-state index in [1.54, 1.807) is 19.4 Å². The van der Waals surface area contributed by atoms with E-state index in [0.717, 1.165) is 11.5 Å². The third-order valence-electron chi connectivity index (χ3n) is 1.77. The lowest BCUT2D eigenvalue weighted by Gasteiger charge is -1.98. The fourth-order valence-corrected chi connectivity index (χ4v) is 1.18. The van der Waals surface area contributed by atoms with Crippen molar-refractivity contribution in [1.29, 1.82) is 0 Å². The molecule has 0 unspecified atom stereocenters. The Bertz CT molecular complexity index is 423. The van der Waals surface area contributed by atoms with E-state index in [4.69, 9.17) is 10.5 Å². The van der Waals surface area contributed by atoms with Crippen LogP contribution in [-0.4, -0.2) is 21.7 Å². The molecule has 2 rings (SSSR count). The number of anilines is 1. The highest BCUT2D eigenvalue weighted by atomic mass is 16.5. The second-order valence-electron chi connectivity index (χ2n) is 2.74. The van der Waals surface area contributed by atoms with Crippen LogP contribution in [0.4, 0.5) is 5.69 Å². The van der Waals surface area contributed by atoms with Crippen LogP contribution in [0.1, 0.15) is 5.82 Å². The summed E-state index contributed by atoms with van der Waals surface area (Å²) in [5.41, 5.74) is 7.09. The summed E-state index contributed by atoms with van der Waals surface area (Å²) in [5.74, 6) is 0.754. The van der Waals surface area contributed by atoms with Crippen molar-refractivity contribution in [2.75, 3.05) is 12.8 Å². The molecular weight excluding hydrogens is 168 g/mol. The van der Waals surface area contributed by atoms with Gasteiger partial charge in [0.1, 0.15) is 6.61 Å². The number of pyridine rings is 1. The first-order valence-electron chi connectivity index (χ1n) is 3.89. The molecule has 0 radical (unpaired) electrons. The molecule has 0 aliphatic rings. The molecule has 0 atom stereocenters. The molecule has 5 nitrogen and oxygen atoms in total. The summed E-state index contributed by atoms with van der Waals surface area (Å²) < 4.78 is 6.79. The van der Waals surface area contributed by atoms with Crippen molar-refractivity contribution < 1.29 is 4.74 Å². The van der Waals surface area contributed by atoms with Crippen LogP contribution < -0.4 is 5.73 Å². The third-order valence-corrected chi connectivity index (χ3v) is 1.77. The van der Waals surface area contributed by atoms with Crippen molar-refractivity contribution in [3.63, 3.8) is 0 Å². The quantitative estimate of drug-likeness (QED) is 0.725. The van der Waals surface area contributed by atoms with Crippen LogP contribution in [0.25, 0.3) is 5.65 Å². The van der Waals surface area contributed by atoms with Gasteiger partial charge in [-0.3, -0.25) is 4.40 Å². The SMILES string of the molecule is COCc1nnc2ccc(N)cn12. The van der Waals surface area contributed by atoms with Gasteiger partial charge in [0.15, 0.2) is 11.5 Å². The van der Waals surface area contributed by atoms with Gasteiger partial charge in [0, 0.05) is 19.0 Å². The fraction of sp³-hybridized carbons (Fsp3) is 0.250. The molecule has 5 heteroatoms. The summed E-state index contributed by atoms with van der Waals surface area (Å²) >= 11 is 0. The van der Waals surface area contributed by atoms with Crippen molar-refractivity contribution in [2.24, 2.45) is 0 Å². The first kappa shape index (κ1) is 8.00. The Labute approximate surface area is 75.1 Å². The zero-order valence-corrected chi connectivity index (χ0v) is 7.27. The van der Waals surface area contributed by atoms with E-state index in [1.165, 1.54) is 0 Å². The molecule has 0 saturated heterocycles. The van der Waals surface area contributed by atoms with Crippen LogP contribution in [0.3, 0.4) is 0 Å². The zero-order chi connectivity index (χ0) is 9.26. The van der Waals surface area contributed by atoms with Gasteiger partial charge in [0.05, 0.1) is 0 Å². The van der Waals surface area contributed by atoms with Crippen LogP contribution >= 0.6 is 0 Å². The van der Waals surface area contributed by atoms with Gasteiger partial charge < -0.3 is 10.5 Å². The number of nitrogens with two attached hydrogens (primary N) is 1. The van der Waals surface area contributed by atoms with Crippen molar-refractivity contribution in [1.82, 2.24) is 14.6 Å². The minimum Gasteiger partial charge on any atom is -0.398 e. The number of methoxy groups -OCH3 is 1. The van der Waals surface area contributed by atoms with E-state index >= 15 is 0 Å². The second-order valence-corrected chi connectivity index (χ2v) is 2.74. The zero-order valence-electron chi connectivity index (χ0n) is 7.27. The molecule has 0 aliphatic heterocycles. The number of hydrogen-bond donors (Lipinski definition) is 1. The molecule has 2 N–H and O–H groups in total.